The molecule has 6 atom stereocenters. The molecule has 4 amide bonds. The van der Waals surface area contributed by atoms with Gasteiger partial charge >= 0.3 is 0 Å². The zero-order chi connectivity index (χ0) is 30.2. The van der Waals surface area contributed by atoms with E-state index in [2.05, 4.69) is 0 Å². The molecule has 2 heterocycles. The molecule has 4 aliphatic rings. The molecule has 7 nitrogen and oxygen atoms in total. The van der Waals surface area contributed by atoms with E-state index in [0.717, 1.165) is 11.0 Å². The zero-order valence-electron chi connectivity index (χ0n) is 23.2. The third kappa shape index (κ3) is 3.65. The Hall–Kier alpha value is -4.30. The standard InChI is InChI=1S/C34H28ClFN2O5/c1-2-37-30(40)22-15-14-21-24(27(22)32(37)42)17-25-31(41)38(20-11-6-10-19(35)16-20)33(43)34(25,18-8-4-3-5-9-18)28(21)23-12-7-13-26(36)29(23)39/h3-14,16,22,24-25,27-28,39H,2,15,17H2,1H3/t22-,24+,25-,27-,28+,34+/m0/s1. The molecule has 1 saturated carbocycles. The number of amides is 4. The Morgan fingerprint density at radius 2 is 1.67 bits per heavy atom. The zero-order valence-corrected chi connectivity index (χ0v) is 24.0. The van der Waals surface area contributed by atoms with Crippen LogP contribution in [0, 0.1) is 29.5 Å². The fourth-order valence-electron chi connectivity index (χ4n) is 8.23. The van der Waals surface area contributed by atoms with Gasteiger partial charge in [-0.2, -0.15) is 0 Å². The van der Waals surface area contributed by atoms with Crippen molar-refractivity contribution in [1.82, 2.24) is 4.90 Å². The minimum Gasteiger partial charge on any atom is -0.505 e. The predicted octanol–water partition coefficient (Wildman–Crippen LogP) is 5.37. The number of halogens is 2. The summed E-state index contributed by atoms with van der Waals surface area (Å²) in [7, 11) is 0. The van der Waals surface area contributed by atoms with Gasteiger partial charge in [0.1, 0.15) is 0 Å². The summed E-state index contributed by atoms with van der Waals surface area (Å²) in [6.07, 6.45) is 2.28. The number of hydrogen-bond acceptors (Lipinski definition) is 5. The van der Waals surface area contributed by atoms with Gasteiger partial charge in [-0.3, -0.25) is 24.1 Å². The molecule has 43 heavy (non-hydrogen) atoms. The number of carbonyl (C=O) groups excluding carboxylic acids is 4. The van der Waals surface area contributed by atoms with Crippen molar-refractivity contribution in [1.29, 1.82) is 0 Å². The summed E-state index contributed by atoms with van der Waals surface area (Å²) in [4.78, 5) is 58.9. The molecule has 0 spiro atoms. The highest BCUT2D eigenvalue weighted by Crippen LogP contribution is 2.65. The van der Waals surface area contributed by atoms with Crippen LogP contribution in [0.15, 0.2) is 84.4 Å². The first-order valence-corrected chi connectivity index (χ1v) is 14.8. The molecule has 7 rings (SSSR count). The second kappa shape index (κ2) is 9.88. The number of fused-ring (bicyclic) bond motifs is 4. The van der Waals surface area contributed by atoms with Gasteiger partial charge in [0.05, 0.1) is 28.9 Å². The average molecular weight is 599 g/mol. The van der Waals surface area contributed by atoms with Gasteiger partial charge in [-0.25, -0.2) is 9.29 Å². The number of phenolic OH excluding ortho intramolecular Hbond substituents is 1. The molecule has 218 valence electrons. The lowest BCUT2D eigenvalue weighted by molar-refractivity contribution is -0.140. The smallest absolute Gasteiger partial charge is 0.246 e. The SMILES string of the molecule is CCN1C(=O)[C@H]2[C@H](CC=C3[C@H]2C[C@H]2C(=O)N(c4cccc(Cl)c4)C(=O)[C@@]2(c2ccccc2)[C@H]3c2cccc(F)c2O)C1=O. The topological polar surface area (TPSA) is 95.0 Å². The van der Waals surface area contributed by atoms with Gasteiger partial charge < -0.3 is 5.11 Å². The fourth-order valence-corrected chi connectivity index (χ4v) is 8.41. The molecule has 3 fully saturated rings. The van der Waals surface area contributed by atoms with Crippen LogP contribution in [-0.4, -0.2) is 40.2 Å². The highest BCUT2D eigenvalue weighted by molar-refractivity contribution is 6.32. The van der Waals surface area contributed by atoms with E-state index in [1.165, 1.54) is 11.0 Å². The molecule has 1 N–H and O–H groups in total. The van der Waals surface area contributed by atoms with Gasteiger partial charge in [-0.15, -0.1) is 0 Å². The number of carbonyl (C=O) groups is 4. The van der Waals surface area contributed by atoms with Crippen LogP contribution >= 0.6 is 11.6 Å². The summed E-state index contributed by atoms with van der Waals surface area (Å²) in [5, 5.41) is 11.5. The summed E-state index contributed by atoms with van der Waals surface area (Å²) in [5.41, 5.74) is 0.0875. The molecule has 0 aromatic heterocycles. The third-order valence-electron chi connectivity index (χ3n) is 9.90. The predicted molar refractivity (Wildman–Crippen MR) is 157 cm³/mol. The van der Waals surface area contributed by atoms with Gasteiger partial charge in [0.25, 0.3) is 0 Å². The van der Waals surface area contributed by atoms with Gasteiger partial charge in [0, 0.05) is 23.0 Å². The molecule has 3 aromatic carbocycles. The Labute approximate surface area is 252 Å². The number of anilines is 1. The molecule has 0 radical (unpaired) electrons. The van der Waals surface area contributed by atoms with Crippen LogP contribution < -0.4 is 4.90 Å². The Balaban J connectivity index is 1.53. The third-order valence-corrected chi connectivity index (χ3v) is 10.1. The average Bonchev–Trinajstić information content (AvgIpc) is 3.39. The van der Waals surface area contributed by atoms with Crippen molar-refractivity contribution in [3.05, 3.63) is 106 Å². The molecule has 2 aliphatic carbocycles. The Kier molecular flexibility index (Phi) is 6.32. The molecule has 0 bridgehead atoms. The molecule has 2 aliphatic heterocycles. The van der Waals surface area contributed by atoms with Crippen LogP contribution in [0.5, 0.6) is 5.75 Å². The molecule has 0 unspecified atom stereocenters. The Morgan fingerprint density at radius 3 is 2.40 bits per heavy atom. The number of nitrogens with zero attached hydrogens (tertiary/aromatic N) is 2. The Bertz CT molecular complexity index is 1740. The first kappa shape index (κ1) is 27.5. The first-order valence-electron chi connectivity index (χ1n) is 14.4. The molecular formula is C34H28ClFN2O5. The van der Waals surface area contributed by atoms with E-state index in [0.29, 0.717) is 21.8 Å². The number of hydrogen-bond donors (Lipinski definition) is 1. The van der Waals surface area contributed by atoms with E-state index < -0.39 is 58.4 Å². The minimum absolute atomic E-state index is 0.132. The van der Waals surface area contributed by atoms with E-state index in [4.69, 9.17) is 11.6 Å². The lowest BCUT2D eigenvalue weighted by Gasteiger charge is -2.50. The van der Waals surface area contributed by atoms with Crippen molar-refractivity contribution >= 4 is 40.9 Å². The maximum atomic E-state index is 15.1. The van der Waals surface area contributed by atoms with Crippen LogP contribution in [0.2, 0.25) is 5.02 Å². The number of likely N-dealkylation sites (tertiary alicyclic amines) is 1. The van der Waals surface area contributed by atoms with Crippen LogP contribution in [0.3, 0.4) is 0 Å². The van der Waals surface area contributed by atoms with Crippen LogP contribution in [0.4, 0.5) is 10.1 Å². The fraction of sp³-hybridized carbons (Fsp3) is 0.294. The van der Waals surface area contributed by atoms with Crippen LogP contribution in [0.1, 0.15) is 36.8 Å². The summed E-state index contributed by atoms with van der Waals surface area (Å²) in [5.74, 6) is -6.85. The lowest BCUT2D eigenvalue weighted by atomic mass is 9.49. The maximum absolute atomic E-state index is 15.1. The van der Waals surface area contributed by atoms with Gasteiger partial charge in [0.15, 0.2) is 11.6 Å². The molecule has 3 aromatic rings. The number of imide groups is 2. The van der Waals surface area contributed by atoms with Crippen molar-refractivity contribution < 1.29 is 28.7 Å². The molecule has 2 saturated heterocycles. The van der Waals surface area contributed by atoms with Crippen molar-refractivity contribution in [2.24, 2.45) is 23.7 Å². The van der Waals surface area contributed by atoms with Crippen LogP contribution in [0.25, 0.3) is 0 Å². The number of aromatic hydroxyl groups is 1. The summed E-state index contributed by atoms with van der Waals surface area (Å²) >= 11 is 6.30. The quantitative estimate of drug-likeness (QED) is 0.322. The minimum atomic E-state index is -1.57. The van der Waals surface area contributed by atoms with E-state index in [1.807, 2.05) is 6.08 Å². The summed E-state index contributed by atoms with van der Waals surface area (Å²) in [6.45, 7) is 1.98. The number of allylic oxidation sites excluding steroid dienone is 2. The maximum Gasteiger partial charge on any atom is 0.246 e. The van der Waals surface area contributed by atoms with E-state index in [1.54, 1.807) is 67.6 Å². The number of phenols is 1. The number of para-hydroxylation sites is 1. The van der Waals surface area contributed by atoms with Crippen molar-refractivity contribution in [2.75, 3.05) is 11.4 Å². The van der Waals surface area contributed by atoms with Crippen LogP contribution in [-0.2, 0) is 24.6 Å². The van der Waals surface area contributed by atoms with Gasteiger partial charge in [-0.05, 0) is 55.5 Å². The second-order valence-corrected chi connectivity index (χ2v) is 12.1. The molecular weight excluding hydrogens is 571 g/mol. The van der Waals surface area contributed by atoms with Gasteiger partial charge in [-0.1, -0.05) is 71.8 Å². The first-order chi connectivity index (χ1) is 20.7. The normalized spacial score (nSPS) is 29.8. The second-order valence-electron chi connectivity index (χ2n) is 11.7. The van der Waals surface area contributed by atoms with Crippen molar-refractivity contribution in [2.45, 2.75) is 31.1 Å². The highest BCUT2D eigenvalue weighted by Gasteiger charge is 2.70. The number of rotatable bonds is 4. The van der Waals surface area contributed by atoms with Crippen molar-refractivity contribution in [3.63, 3.8) is 0 Å². The highest BCUT2D eigenvalue weighted by atomic mass is 35.5. The van der Waals surface area contributed by atoms with Crippen molar-refractivity contribution in [3.8, 4) is 5.75 Å². The summed E-state index contributed by atoms with van der Waals surface area (Å²) in [6, 6.07) is 19.6. The summed E-state index contributed by atoms with van der Waals surface area (Å²) < 4.78 is 15.1. The Morgan fingerprint density at radius 1 is 0.930 bits per heavy atom. The van der Waals surface area contributed by atoms with Gasteiger partial charge in [0.2, 0.25) is 23.6 Å². The van der Waals surface area contributed by atoms with E-state index in [-0.39, 0.29) is 36.8 Å². The number of benzene rings is 3. The monoisotopic (exact) mass is 598 g/mol. The molecule has 9 heteroatoms. The lowest BCUT2D eigenvalue weighted by Crippen LogP contribution is -2.53. The van der Waals surface area contributed by atoms with E-state index in [9.17, 15) is 19.5 Å². The van der Waals surface area contributed by atoms with E-state index >= 15 is 9.18 Å². The largest absolute Gasteiger partial charge is 0.505 e.